The van der Waals surface area contributed by atoms with E-state index in [1.807, 2.05) is 58.8 Å². The molecule has 1 heterocycles. The third-order valence-electron chi connectivity index (χ3n) is 4.38. The predicted octanol–water partition coefficient (Wildman–Crippen LogP) is 3.00. The average Bonchev–Trinajstić information content (AvgIpc) is 3.20. The van der Waals surface area contributed by atoms with Crippen molar-refractivity contribution in [1.29, 1.82) is 0 Å². The molecule has 1 unspecified atom stereocenters. The first-order valence-electron chi connectivity index (χ1n) is 8.97. The Morgan fingerprint density at radius 1 is 1.04 bits per heavy atom. The summed E-state index contributed by atoms with van der Waals surface area (Å²) in [5.41, 5.74) is 2.12. The van der Waals surface area contributed by atoms with Gasteiger partial charge in [-0.15, -0.1) is 11.3 Å². The molecule has 1 atom stereocenters. The molecular formula is C22H25N2O2S+. The number of carbonyl (C=O) groups is 1. The largest absolute Gasteiger partial charge is 0.497 e. The highest BCUT2D eigenvalue weighted by atomic mass is 32.1. The zero-order valence-electron chi connectivity index (χ0n) is 15.7. The van der Waals surface area contributed by atoms with Gasteiger partial charge in [0, 0.05) is 16.1 Å². The van der Waals surface area contributed by atoms with Gasteiger partial charge in [-0.2, -0.15) is 0 Å². The Morgan fingerprint density at radius 2 is 1.78 bits per heavy atom. The van der Waals surface area contributed by atoms with Gasteiger partial charge in [0.15, 0.2) is 6.54 Å². The summed E-state index contributed by atoms with van der Waals surface area (Å²) in [5.74, 6) is 0.899. The molecule has 27 heavy (non-hydrogen) atoms. The molecule has 5 heteroatoms. The first-order chi connectivity index (χ1) is 13.2. The van der Waals surface area contributed by atoms with Crippen LogP contribution >= 0.6 is 11.3 Å². The van der Waals surface area contributed by atoms with Crippen LogP contribution in [0.4, 0.5) is 5.69 Å². The van der Waals surface area contributed by atoms with Gasteiger partial charge in [0.25, 0.3) is 5.91 Å². The van der Waals surface area contributed by atoms with Gasteiger partial charge in [0.1, 0.15) is 12.3 Å². The van der Waals surface area contributed by atoms with Crippen molar-refractivity contribution < 1.29 is 14.4 Å². The van der Waals surface area contributed by atoms with Gasteiger partial charge in [-0.05, 0) is 35.7 Å². The van der Waals surface area contributed by atoms with Crippen LogP contribution in [0.3, 0.4) is 0 Å². The normalized spacial score (nSPS) is 11.8. The van der Waals surface area contributed by atoms with E-state index in [4.69, 9.17) is 4.74 Å². The van der Waals surface area contributed by atoms with Crippen LogP contribution in [-0.2, 0) is 17.9 Å². The first-order valence-corrected chi connectivity index (χ1v) is 9.85. The second kappa shape index (κ2) is 9.35. The van der Waals surface area contributed by atoms with Gasteiger partial charge in [-0.25, -0.2) is 0 Å². The summed E-state index contributed by atoms with van der Waals surface area (Å²) in [5, 5.41) is 2.04. The Bertz CT molecular complexity index is 833. The van der Waals surface area contributed by atoms with Gasteiger partial charge in [-0.1, -0.05) is 36.4 Å². The maximum Gasteiger partial charge on any atom is 0.282 e. The Morgan fingerprint density at radius 3 is 2.41 bits per heavy atom. The van der Waals surface area contributed by atoms with Crippen LogP contribution in [0.5, 0.6) is 5.75 Å². The molecule has 1 N–H and O–H groups in total. The van der Waals surface area contributed by atoms with Crippen molar-refractivity contribution in [2.75, 3.05) is 25.6 Å². The molecule has 0 aliphatic rings. The van der Waals surface area contributed by atoms with Crippen LogP contribution in [0.25, 0.3) is 0 Å². The van der Waals surface area contributed by atoms with Crippen LogP contribution in [-0.4, -0.2) is 26.6 Å². The summed E-state index contributed by atoms with van der Waals surface area (Å²) in [6.45, 7) is 1.84. The Kier molecular flexibility index (Phi) is 6.63. The lowest BCUT2D eigenvalue weighted by Crippen LogP contribution is -3.08. The van der Waals surface area contributed by atoms with Crippen LogP contribution in [0.1, 0.15) is 10.4 Å². The van der Waals surface area contributed by atoms with Crippen molar-refractivity contribution >= 4 is 22.9 Å². The number of nitrogens with zero attached hydrogens (tertiary/aromatic N) is 1. The standard InChI is InChI=1S/C22H24N2O2S/c1-23(15-18-7-4-3-5-8-18)17-22(25)24(16-21-9-6-14-27-21)19-10-12-20(26-2)13-11-19/h3-14H,15-17H2,1-2H3/p+1. The summed E-state index contributed by atoms with van der Waals surface area (Å²) in [6.07, 6.45) is 0. The molecule has 140 valence electrons. The molecular weight excluding hydrogens is 356 g/mol. The Labute approximate surface area is 164 Å². The molecule has 0 spiro atoms. The third-order valence-corrected chi connectivity index (χ3v) is 5.24. The number of hydrogen-bond donors (Lipinski definition) is 1. The van der Waals surface area contributed by atoms with Gasteiger partial charge in [-0.3, -0.25) is 4.79 Å². The number of thiophene rings is 1. The average molecular weight is 382 g/mol. The SMILES string of the molecule is COc1ccc(N(Cc2cccs2)C(=O)C[NH+](C)Cc2ccccc2)cc1. The molecule has 0 saturated heterocycles. The molecule has 2 aromatic carbocycles. The van der Waals surface area contributed by atoms with Crippen LogP contribution in [0.15, 0.2) is 72.1 Å². The number of quaternary nitrogens is 1. The summed E-state index contributed by atoms with van der Waals surface area (Å²) in [6, 6.07) is 22.0. The molecule has 4 nitrogen and oxygen atoms in total. The number of rotatable bonds is 8. The number of methoxy groups -OCH3 is 1. The first kappa shape index (κ1) is 19.1. The van der Waals surface area contributed by atoms with Crippen LogP contribution < -0.4 is 14.5 Å². The highest BCUT2D eigenvalue weighted by molar-refractivity contribution is 7.09. The van der Waals surface area contributed by atoms with E-state index in [-0.39, 0.29) is 5.91 Å². The summed E-state index contributed by atoms with van der Waals surface area (Å²) >= 11 is 1.67. The van der Waals surface area contributed by atoms with E-state index >= 15 is 0 Å². The maximum absolute atomic E-state index is 13.1. The molecule has 1 amide bonds. The Balaban J connectivity index is 1.73. The molecule has 0 aliphatic carbocycles. The molecule has 0 bridgehead atoms. The van der Waals surface area contributed by atoms with E-state index in [2.05, 4.69) is 25.2 Å². The zero-order chi connectivity index (χ0) is 19.1. The van der Waals surface area contributed by atoms with Crippen molar-refractivity contribution in [3.8, 4) is 5.75 Å². The number of ether oxygens (including phenoxy) is 1. The quantitative estimate of drug-likeness (QED) is 0.651. The smallest absolute Gasteiger partial charge is 0.282 e. The fourth-order valence-corrected chi connectivity index (χ4v) is 3.70. The topological polar surface area (TPSA) is 34.0 Å². The Hall–Kier alpha value is -2.63. The predicted molar refractivity (Wildman–Crippen MR) is 110 cm³/mol. The molecule has 0 radical (unpaired) electrons. The minimum Gasteiger partial charge on any atom is -0.497 e. The zero-order valence-corrected chi connectivity index (χ0v) is 16.5. The number of amides is 1. The van der Waals surface area contributed by atoms with Crippen molar-refractivity contribution in [1.82, 2.24) is 0 Å². The molecule has 0 aliphatic heterocycles. The molecule has 3 aromatic rings. The second-order valence-corrected chi connectivity index (χ2v) is 7.59. The van der Waals surface area contributed by atoms with Crippen molar-refractivity contribution in [2.24, 2.45) is 0 Å². The molecule has 0 saturated carbocycles. The van der Waals surface area contributed by atoms with E-state index in [0.717, 1.165) is 22.9 Å². The number of carbonyl (C=O) groups excluding carboxylic acids is 1. The highest BCUT2D eigenvalue weighted by Crippen LogP contribution is 2.22. The number of hydrogen-bond acceptors (Lipinski definition) is 3. The molecule has 1 aromatic heterocycles. The number of benzene rings is 2. The highest BCUT2D eigenvalue weighted by Gasteiger charge is 2.21. The van der Waals surface area contributed by atoms with E-state index < -0.39 is 0 Å². The van der Waals surface area contributed by atoms with E-state index in [1.54, 1.807) is 18.4 Å². The number of likely N-dealkylation sites (N-methyl/N-ethyl adjacent to an activating group) is 1. The lowest BCUT2D eigenvalue weighted by Gasteiger charge is -2.24. The fraction of sp³-hybridized carbons (Fsp3) is 0.227. The minimum absolute atomic E-state index is 0.113. The van der Waals surface area contributed by atoms with E-state index in [9.17, 15) is 4.79 Å². The fourth-order valence-electron chi connectivity index (χ4n) is 3.00. The van der Waals surface area contributed by atoms with E-state index in [1.165, 1.54) is 10.4 Å². The van der Waals surface area contributed by atoms with Crippen molar-refractivity contribution in [3.63, 3.8) is 0 Å². The van der Waals surface area contributed by atoms with Crippen LogP contribution in [0, 0.1) is 0 Å². The minimum atomic E-state index is 0.113. The van der Waals surface area contributed by atoms with Gasteiger partial charge >= 0.3 is 0 Å². The van der Waals surface area contributed by atoms with Gasteiger partial charge in [0.05, 0.1) is 20.7 Å². The third kappa shape index (κ3) is 5.42. The molecule has 0 fully saturated rings. The summed E-state index contributed by atoms with van der Waals surface area (Å²) in [7, 11) is 3.70. The monoisotopic (exact) mass is 381 g/mol. The van der Waals surface area contributed by atoms with Crippen molar-refractivity contribution in [2.45, 2.75) is 13.1 Å². The van der Waals surface area contributed by atoms with Crippen molar-refractivity contribution in [3.05, 3.63) is 82.6 Å². The van der Waals surface area contributed by atoms with Gasteiger partial charge in [0.2, 0.25) is 0 Å². The summed E-state index contributed by atoms with van der Waals surface area (Å²) in [4.78, 5) is 17.3. The van der Waals surface area contributed by atoms with Gasteiger partial charge < -0.3 is 14.5 Å². The lowest BCUT2D eigenvalue weighted by atomic mass is 10.2. The summed E-state index contributed by atoms with van der Waals surface area (Å²) < 4.78 is 5.24. The number of nitrogens with one attached hydrogen (secondary N) is 1. The van der Waals surface area contributed by atoms with Crippen LogP contribution in [0.2, 0.25) is 0 Å². The number of anilines is 1. The van der Waals surface area contributed by atoms with E-state index in [0.29, 0.717) is 13.1 Å². The maximum atomic E-state index is 13.1. The lowest BCUT2D eigenvalue weighted by molar-refractivity contribution is -0.885. The molecule has 3 rings (SSSR count). The second-order valence-electron chi connectivity index (χ2n) is 6.55.